The fourth-order valence-electron chi connectivity index (χ4n) is 4.83. The lowest BCUT2D eigenvalue weighted by Gasteiger charge is -2.25. The SMILES string of the molecule is Cc1ccc(N(CC(=O)N/N=C\c2ccc3c4c(cccc24)CC3)S(=O)(=O)c2ccccc2)c(C)c1. The lowest BCUT2D eigenvalue weighted by Crippen LogP contribution is -2.40. The number of rotatable bonds is 7. The molecule has 0 saturated heterocycles. The first kappa shape index (κ1) is 23.8. The second-order valence-corrected chi connectivity index (χ2v) is 10.9. The number of hydrogen-bond acceptors (Lipinski definition) is 4. The van der Waals surface area contributed by atoms with Crippen LogP contribution in [-0.4, -0.2) is 27.1 Å². The molecule has 0 fully saturated rings. The standard InChI is InChI=1S/C29H27N3O3S/c1-20-11-16-27(21(2)17-20)32(36(34,35)25-8-4-3-5-9-25)19-28(33)31-30-18-24-15-14-23-13-12-22-7-6-10-26(24)29(22)23/h3-11,14-18H,12-13,19H2,1-2H3,(H,31,33)/b30-18-. The molecule has 1 aliphatic rings. The molecule has 1 aliphatic carbocycles. The summed E-state index contributed by atoms with van der Waals surface area (Å²) in [5.74, 6) is -0.531. The Hall–Kier alpha value is -3.97. The van der Waals surface area contributed by atoms with Crippen LogP contribution in [0, 0.1) is 13.8 Å². The number of sulfonamides is 1. The summed E-state index contributed by atoms with van der Waals surface area (Å²) in [6.45, 7) is 3.37. The van der Waals surface area contributed by atoms with E-state index in [1.54, 1.807) is 30.5 Å². The highest BCUT2D eigenvalue weighted by molar-refractivity contribution is 7.92. The van der Waals surface area contributed by atoms with Gasteiger partial charge in [0, 0.05) is 5.56 Å². The van der Waals surface area contributed by atoms with Gasteiger partial charge in [0.15, 0.2) is 0 Å². The number of carbonyl (C=O) groups excluding carboxylic acids is 1. The van der Waals surface area contributed by atoms with Crippen LogP contribution in [0.4, 0.5) is 5.69 Å². The number of benzene rings is 4. The molecule has 5 rings (SSSR count). The second kappa shape index (κ2) is 9.59. The molecule has 182 valence electrons. The van der Waals surface area contributed by atoms with Crippen molar-refractivity contribution in [3.63, 3.8) is 0 Å². The largest absolute Gasteiger partial charge is 0.271 e. The number of nitrogens with zero attached hydrogens (tertiary/aromatic N) is 2. The third kappa shape index (κ3) is 4.50. The highest BCUT2D eigenvalue weighted by Gasteiger charge is 2.28. The highest BCUT2D eigenvalue weighted by Crippen LogP contribution is 2.32. The third-order valence-electron chi connectivity index (χ3n) is 6.54. The van der Waals surface area contributed by atoms with Crippen molar-refractivity contribution in [1.82, 2.24) is 5.43 Å². The van der Waals surface area contributed by atoms with Gasteiger partial charge in [-0.05, 0) is 72.4 Å². The Kier molecular flexibility index (Phi) is 6.33. The molecule has 1 N–H and O–H groups in total. The fraction of sp³-hybridized carbons (Fsp3) is 0.172. The zero-order chi connectivity index (χ0) is 25.3. The maximum absolute atomic E-state index is 13.5. The Morgan fingerprint density at radius 1 is 0.944 bits per heavy atom. The summed E-state index contributed by atoms with van der Waals surface area (Å²) < 4.78 is 28.2. The van der Waals surface area contributed by atoms with Gasteiger partial charge in [0.2, 0.25) is 0 Å². The van der Waals surface area contributed by atoms with Crippen LogP contribution in [0.15, 0.2) is 88.9 Å². The van der Waals surface area contributed by atoms with Crippen LogP contribution in [0.3, 0.4) is 0 Å². The second-order valence-electron chi connectivity index (χ2n) is 9.06. The first-order valence-corrected chi connectivity index (χ1v) is 13.3. The minimum atomic E-state index is -3.97. The van der Waals surface area contributed by atoms with Crippen LogP contribution in [0.5, 0.6) is 0 Å². The van der Waals surface area contributed by atoms with E-state index in [0.29, 0.717) is 5.69 Å². The van der Waals surface area contributed by atoms with Gasteiger partial charge in [-0.3, -0.25) is 9.10 Å². The molecule has 0 unspecified atom stereocenters. The maximum atomic E-state index is 13.5. The quantitative estimate of drug-likeness (QED) is 0.291. The van der Waals surface area contributed by atoms with Crippen molar-refractivity contribution in [1.29, 1.82) is 0 Å². The van der Waals surface area contributed by atoms with Crippen LogP contribution in [-0.2, 0) is 27.7 Å². The average Bonchev–Trinajstić information content (AvgIpc) is 3.29. The molecule has 0 aromatic heterocycles. The number of amides is 1. The molecule has 0 spiro atoms. The van der Waals surface area contributed by atoms with E-state index >= 15 is 0 Å². The van der Waals surface area contributed by atoms with Crippen molar-refractivity contribution in [3.8, 4) is 0 Å². The number of aryl methyl sites for hydroxylation is 4. The summed E-state index contributed by atoms with van der Waals surface area (Å²) in [6, 6.07) is 24.0. The molecule has 0 radical (unpaired) electrons. The Labute approximate surface area is 211 Å². The lowest BCUT2D eigenvalue weighted by atomic mass is 10.0. The van der Waals surface area contributed by atoms with E-state index in [1.165, 1.54) is 28.6 Å². The van der Waals surface area contributed by atoms with Gasteiger partial charge in [0.1, 0.15) is 6.54 Å². The molecule has 0 atom stereocenters. The first-order chi connectivity index (χ1) is 17.3. The topological polar surface area (TPSA) is 78.8 Å². The van der Waals surface area contributed by atoms with Crippen LogP contribution in [0.25, 0.3) is 10.8 Å². The van der Waals surface area contributed by atoms with Crippen molar-refractivity contribution in [2.75, 3.05) is 10.8 Å². The van der Waals surface area contributed by atoms with Crippen molar-refractivity contribution >= 4 is 38.6 Å². The van der Waals surface area contributed by atoms with Crippen molar-refractivity contribution in [2.45, 2.75) is 31.6 Å². The van der Waals surface area contributed by atoms with E-state index in [9.17, 15) is 13.2 Å². The van der Waals surface area contributed by atoms with Crippen molar-refractivity contribution in [3.05, 3.63) is 107 Å². The molecular weight excluding hydrogens is 470 g/mol. The Bertz CT molecular complexity index is 1590. The van der Waals surface area contributed by atoms with Gasteiger partial charge in [-0.1, -0.05) is 66.2 Å². The van der Waals surface area contributed by atoms with E-state index in [0.717, 1.165) is 39.2 Å². The zero-order valence-electron chi connectivity index (χ0n) is 20.2. The summed E-state index contributed by atoms with van der Waals surface area (Å²) in [4.78, 5) is 13.0. The van der Waals surface area contributed by atoms with Crippen molar-refractivity contribution < 1.29 is 13.2 Å². The summed E-state index contributed by atoms with van der Waals surface area (Å²) >= 11 is 0. The van der Waals surface area contributed by atoms with E-state index in [2.05, 4.69) is 28.7 Å². The first-order valence-electron chi connectivity index (χ1n) is 11.8. The van der Waals surface area contributed by atoms with Crippen LogP contribution in [0.1, 0.15) is 27.8 Å². The van der Waals surface area contributed by atoms with Gasteiger partial charge >= 0.3 is 0 Å². The lowest BCUT2D eigenvalue weighted by molar-refractivity contribution is -0.119. The summed E-state index contributed by atoms with van der Waals surface area (Å²) in [6.07, 6.45) is 3.69. The van der Waals surface area contributed by atoms with Gasteiger partial charge < -0.3 is 0 Å². The summed E-state index contributed by atoms with van der Waals surface area (Å²) in [7, 11) is -3.97. The molecule has 1 amide bonds. The molecule has 0 bridgehead atoms. The number of hydrogen-bond donors (Lipinski definition) is 1. The Balaban J connectivity index is 1.41. The molecule has 0 heterocycles. The molecule has 4 aromatic rings. The summed E-state index contributed by atoms with van der Waals surface area (Å²) in [5.41, 5.74) is 8.31. The molecule has 6 nitrogen and oxygen atoms in total. The number of carbonyl (C=O) groups is 1. The molecule has 0 aliphatic heterocycles. The normalized spacial score (nSPS) is 12.8. The van der Waals surface area contributed by atoms with Crippen LogP contribution in [0.2, 0.25) is 0 Å². The minimum Gasteiger partial charge on any atom is -0.271 e. The molecule has 0 saturated carbocycles. The van der Waals surface area contributed by atoms with Crippen LogP contribution < -0.4 is 9.73 Å². The van der Waals surface area contributed by atoms with E-state index in [1.807, 2.05) is 38.1 Å². The number of nitrogens with one attached hydrogen (secondary N) is 1. The Morgan fingerprint density at radius 2 is 1.69 bits per heavy atom. The third-order valence-corrected chi connectivity index (χ3v) is 8.32. The molecule has 7 heteroatoms. The summed E-state index contributed by atoms with van der Waals surface area (Å²) in [5, 5.41) is 6.53. The fourth-order valence-corrected chi connectivity index (χ4v) is 6.33. The smallest absolute Gasteiger partial charge is 0.264 e. The van der Waals surface area contributed by atoms with Crippen LogP contribution >= 0.6 is 0 Å². The zero-order valence-corrected chi connectivity index (χ0v) is 21.0. The van der Waals surface area contributed by atoms with Gasteiger partial charge in [-0.25, -0.2) is 13.8 Å². The number of anilines is 1. The van der Waals surface area contributed by atoms with Gasteiger partial charge in [0.05, 0.1) is 16.8 Å². The van der Waals surface area contributed by atoms with E-state index in [-0.39, 0.29) is 4.90 Å². The van der Waals surface area contributed by atoms with E-state index in [4.69, 9.17) is 0 Å². The van der Waals surface area contributed by atoms with Crippen molar-refractivity contribution in [2.24, 2.45) is 5.10 Å². The number of hydrazone groups is 1. The predicted molar refractivity (Wildman–Crippen MR) is 144 cm³/mol. The van der Waals surface area contributed by atoms with Gasteiger partial charge in [-0.15, -0.1) is 0 Å². The molecule has 4 aromatic carbocycles. The highest BCUT2D eigenvalue weighted by atomic mass is 32.2. The van der Waals surface area contributed by atoms with Gasteiger partial charge in [-0.2, -0.15) is 5.10 Å². The van der Waals surface area contributed by atoms with Gasteiger partial charge in [0.25, 0.3) is 15.9 Å². The minimum absolute atomic E-state index is 0.120. The maximum Gasteiger partial charge on any atom is 0.264 e. The molecular formula is C29H27N3O3S. The predicted octanol–water partition coefficient (Wildman–Crippen LogP) is 4.90. The monoisotopic (exact) mass is 497 g/mol. The molecule has 36 heavy (non-hydrogen) atoms. The Morgan fingerprint density at radius 3 is 2.44 bits per heavy atom. The average molecular weight is 498 g/mol. The van der Waals surface area contributed by atoms with E-state index < -0.39 is 22.5 Å².